The summed E-state index contributed by atoms with van der Waals surface area (Å²) in [5.41, 5.74) is 4.16. The van der Waals surface area contributed by atoms with Crippen LogP contribution in [-0.4, -0.2) is 47.3 Å². The minimum atomic E-state index is 0.0372. The van der Waals surface area contributed by atoms with Crippen LogP contribution in [0.15, 0.2) is 29.8 Å². The molecule has 30 heavy (non-hydrogen) atoms. The van der Waals surface area contributed by atoms with Gasteiger partial charge in [0.2, 0.25) is 0 Å². The zero-order valence-corrected chi connectivity index (χ0v) is 17.5. The van der Waals surface area contributed by atoms with Gasteiger partial charge < -0.3 is 19.5 Å². The summed E-state index contributed by atoms with van der Waals surface area (Å²) in [6.07, 6.45) is 6.01. The Balaban J connectivity index is 1.46. The van der Waals surface area contributed by atoms with E-state index in [0.29, 0.717) is 24.6 Å². The summed E-state index contributed by atoms with van der Waals surface area (Å²) in [5.74, 6) is 1.68. The van der Waals surface area contributed by atoms with Gasteiger partial charge in [-0.2, -0.15) is 0 Å². The van der Waals surface area contributed by atoms with E-state index in [9.17, 15) is 9.59 Å². The number of hydrogen-bond acceptors (Lipinski definition) is 4. The highest BCUT2D eigenvalue weighted by Gasteiger charge is 2.30. The monoisotopic (exact) mass is 405 g/mol. The summed E-state index contributed by atoms with van der Waals surface area (Å²) in [5, 5.41) is 0. The maximum atomic E-state index is 13.1. The van der Waals surface area contributed by atoms with E-state index in [1.54, 1.807) is 0 Å². The van der Waals surface area contributed by atoms with Gasteiger partial charge in [0.25, 0.3) is 5.91 Å². The molecule has 1 saturated heterocycles. The first-order chi connectivity index (χ1) is 14.6. The van der Waals surface area contributed by atoms with Crippen molar-refractivity contribution >= 4 is 29.3 Å². The van der Waals surface area contributed by atoms with Crippen molar-refractivity contribution in [2.45, 2.75) is 45.6 Å². The highest BCUT2D eigenvalue weighted by atomic mass is 16.5. The maximum absolute atomic E-state index is 13.1. The first kappa shape index (κ1) is 19.0. The molecular weight excluding hydrogens is 378 g/mol. The molecule has 1 aromatic carbocycles. The molecule has 3 heterocycles. The minimum absolute atomic E-state index is 0.0372. The Hall–Kier alpha value is -3.02. The van der Waals surface area contributed by atoms with Crippen LogP contribution in [-0.2, 0) is 0 Å². The Morgan fingerprint density at radius 3 is 2.90 bits per heavy atom. The number of aromatic amines is 1. The Bertz CT molecular complexity index is 1050. The number of rotatable bonds is 3. The quantitative estimate of drug-likeness (QED) is 0.814. The number of fused-ring (bicyclic) bond motifs is 2. The molecule has 0 bridgehead atoms. The summed E-state index contributed by atoms with van der Waals surface area (Å²) >= 11 is 0. The van der Waals surface area contributed by atoms with E-state index in [1.165, 1.54) is 6.42 Å². The van der Waals surface area contributed by atoms with Gasteiger partial charge in [-0.3, -0.25) is 9.59 Å². The van der Waals surface area contributed by atoms with Gasteiger partial charge in [0, 0.05) is 35.5 Å². The molecule has 1 aliphatic carbocycles. The summed E-state index contributed by atoms with van der Waals surface area (Å²) in [6, 6.07) is 8.04. The van der Waals surface area contributed by atoms with Gasteiger partial charge in [0.1, 0.15) is 12.3 Å². The summed E-state index contributed by atoms with van der Waals surface area (Å²) < 4.78 is 5.85. The highest BCUT2D eigenvalue weighted by Crippen LogP contribution is 2.39. The van der Waals surface area contributed by atoms with E-state index >= 15 is 0 Å². The third kappa shape index (κ3) is 3.02. The molecule has 1 amide bonds. The molecule has 3 aliphatic rings. The maximum Gasteiger partial charge on any atom is 0.270 e. The van der Waals surface area contributed by atoms with Crippen molar-refractivity contribution in [3.8, 4) is 5.75 Å². The molecule has 1 N–H and O–H groups in total. The molecule has 156 valence electrons. The number of piperidine rings is 1. The van der Waals surface area contributed by atoms with Gasteiger partial charge in [0.05, 0.1) is 6.54 Å². The van der Waals surface area contributed by atoms with E-state index in [-0.39, 0.29) is 17.7 Å². The molecule has 2 aliphatic heterocycles. The normalized spacial score (nSPS) is 20.5. The van der Waals surface area contributed by atoms with Crippen LogP contribution in [0.25, 0.3) is 6.08 Å². The molecule has 0 radical (unpaired) electrons. The number of nitrogens with zero attached hydrogens (tertiary/aromatic N) is 2. The topological polar surface area (TPSA) is 65.6 Å². The number of carbonyl (C=O) groups excluding carboxylic acids is 2. The lowest BCUT2D eigenvalue weighted by atomic mass is 10.0. The van der Waals surface area contributed by atoms with Crippen LogP contribution in [0, 0.1) is 0 Å². The number of likely N-dealkylation sites (tertiary alicyclic amines) is 1. The Morgan fingerprint density at radius 1 is 1.23 bits per heavy atom. The highest BCUT2D eigenvalue weighted by molar-refractivity contribution is 6.18. The number of Topliss-reactive ketones (excluding diaryl/α,β-unsaturated/α-hetero) is 1. The number of allylic oxidation sites excluding steroid dienone is 1. The smallest absolute Gasteiger partial charge is 0.270 e. The second-order valence-electron chi connectivity index (χ2n) is 8.36. The SMILES string of the molecule is CCC1=Cc2cc(N3CCOc4cc(C(=O)N5CCCC[C@@H]5C)[nH]c43)ccc2C1=O. The van der Waals surface area contributed by atoms with Crippen molar-refractivity contribution in [3.05, 3.63) is 46.7 Å². The third-order valence-corrected chi connectivity index (χ3v) is 6.49. The summed E-state index contributed by atoms with van der Waals surface area (Å²) in [4.78, 5) is 32.9. The van der Waals surface area contributed by atoms with E-state index in [4.69, 9.17) is 4.74 Å². The number of ether oxygens (including phenoxy) is 1. The molecule has 6 heteroatoms. The zero-order valence-electron chi connectivity index (χ0n) is 17.5. The van der Waals surface area contributed by atoms with E-state index in [1.807, 2.05) is 36.1 Å². The predicted octanol–water partition coefficient (Wildman–Crippen LogP) is 4.55. The molecule has 0 unspecified atom stereocenters. The molecule has 0 saturated carbocycles. The van der Waals surface area contributed by atoms with Crippen LogP contribution >= 0.6 is 0 Å². The number of hydrogen-bond donors (Lipinski definition) is 1. The Morgan fingerprint density at radius 2 is 2.10 bits per heavy atom. The average Bonchev–Trinajstić information content (AvgIpc) is 3.34. The van der Waals surface area contributed by atoms with Gasteiger partial charge in [-0.1, -0.05) is 6.92 Å². The number of benzene rings is 1. The fourth-order valence-corrected chi connectivity index (χ4v) is 4.75. The van der Waals surface area contributed by atoms with Crippen molar-refractivity contribution in [2.75, 3.05) is 24.6 Å². The zero-order chi connectivity index (χ0) is 20.8. The largest absolute Gasteiger partial charge is 0.488 e. The lowest BCUT2D eigenvalue weighted by molar-refractivity contribution is 0.0630. The number of carbonyl (C=O) groups is 2. The van der Waals surface area contributed by atoms with Crippen LogP contribution in [0.5, 0.6) is 5.75 Å². The van der Waals surface area contributed by atoms with Crippen molar-refractivity contribution in [1.82, 2.24) is 9.88 Å². The second-order valence-corrected chi connectivity index (χ2v) is 8.36. The lowest BCUT2D eigenvalue weighted by Gasteiger charge is -2.33. The molecule has 2 aromatic rings. The minimum Gasteiger partial charge on any atom is -0.488 e. The van der Waals surface area contributed by atoms with Crippen LogP contribution in [0.1, 0.15) is 65.9 Å². The Kier molecular flexibility index (Phi) is 4.65. The molecule has 1 atom stereocenters. The van der Waals surface area contributed by atoms with Crippen LogP contribution < -0.4 is 9.64 Å². The molecular formula is C24H27N3O3. The van der Waals surface area contributed by atoms with E-state index in [0.717, 1.165) is 54.0 Å². The summed E-state index contributed by atoms with van der Waals surface area (Å²) in [6.45, 7) is 6.15. The first-order valence-electron chi connectivity index (χ1n) is 10.9. The van der Waals surface area contributed by atoms with Crippen LogP contribution in [0.3, 0.4) is 0 Å². The molecule has 1 aromatic heterocycles. The number of anilines is 2. The van der Waals surface area contributed by atoms with Crippen molar-refractivity contribution in [2.24, 2.45) is 0 Å². The van der Waals surface area contributed by atoms with Gasteiger partial charge in [-0.15, -0.1) is 0 Å². The molecule has 5 rings (SSSR count). The van der Waals surface area contributed by atoms with Gasteiger partial charge in [-0.25, -0.2) is 0 Å². The number of aromatic nitrogens is 1. The summed E-state index contributed by atoms with van der Waals surface area (Å²) in [7, 11) is 0. The van der Waals surface area contributed by atoms with E-state index < -0.39 is 0 Å². The second kappa shape index (κ2) is 7.35. The molecule has 0 spiro atoms. The first-order valence-corrected chi connectivity index (χ1v) is 10.9. The van der Waals surface area contributed by atoms with Gasteiger partial charge in [0.15, 0.2) is 17.4 Å². The van der Waals surface area contributed by atoms with E-state index in [2.05, 4.69) is 22.9 Å². The number of amides is 1. The number of nitrogens with one attached hydrogen (secondary N) is 1. The van der Waals surface area contributed by atoms with Crippen molar-refractivity contribution < 1.29 is 14.3 Å². The van der Waals surface area contributed by atoms with Crippen LogP contribution in [0.4, 0.5) is 11.5 Å². The fraction of sp³-hybridized carbons (Fsp3) is 0.417. The standard InChI is InChI=1S/C24H27N3O3/c1-3-16-12-17-13-18(7-8-19(17)22(16)28)27-10-11-30-21-14-20(25-23(21)27)24(29)26-9-5-4-6-15(26)2/h7-8,12-15,25H,3-6,9-11H2,1-2H3/t15-/m0/s1. The Labute approximate surface area is 176 Å². The molecule has 6 nitrogen and oxygen atoms in total. The fourth-order valence-electron chi connectivity index (χ4n) is 4.75. The predicted molar refractivity (Wildman–Crippen MR) is 117 cm³/mol. The van der Waals surface area contributed by atoms with Crippen molar-refractivity contribution in [1.29, 1.82) is 0 Å². The van der Waals surface area contributed by atoms with Gasteiger partial charge in [-0.05, 0) is 62.4 Å². The average molecular weight is 405 g/mol. The lowest BCUT2D eigenvalue weighted by Crippen LogP contribution is -2.42. The number of ketones is 1. The van der Waals surface area contributed by atoms with Crippen molar-refractivity contribution in [3.63, 3.8) is 0 Å². The number of H-pyrrole nitrogens is 1. The van der Waals surface area contributed by atoms with Gasteiger partial charge >= 0.3 is 0 Å². The molecule has 1 fully saturated rings. The van der Waals surface area contributed by atoms with Crippen LogP contribution in [0.2, 0.25) is 0 Å². The third-order valence-electron chi connectivity index (χ3n) is 6.49.